The summed E-state index contributed by atoms with van der Waals surface area (Å²) in [7, 11) is 0. The maximum Gasteiger partial charge on any atom is 0.142 e. The van der Waals surface area contributed by atoms with Crippen LogP contribution >= 0.6 is 11.6 Å². The predicted octanol–water partition coefficient (Wildman–Crippen LogP) is 2.96. The standard InChI is InChI=1S/C12H9ClFNO/c13-10-6-9(14)7-15-11(10)12(16)8-4-2-1-3-5-8/h1-7,12,16H. The van der Waals surface area contributed by atoms with Gasteiger partial charge in [0, 0.05) is 0 Å². The van der Waals surface area contributed by atoms with Crippen molar-refractivity contribution in [3.05, 3.63) is 64.7 Å². The Morgan fingerprint density at radius 3 is 2.56 bits per heavy atom. The van der Waals surface area contributed by atoms with Crippen LogP contribution < -0.4 is 0 Å². The molecule has 0 aliphatic heterocycles. The molecule has 1 heterocycles. The van der Waals surface area contributed by atoms with Gasteiger partial charge in [0.1, 0.15) is 11.9 Å². The van der Waals surface area contributed by atoms with E-state index in [0.717, 1.165) is 12.3 Å². The van der Waals surface area contributed by atoms with Crippen LogP contribution in [0.15, 0.2) is 42.6 Å². The summed E-state index contributed by atoms with van der Waals surface area (Å²) in [6.45, 7) is 0. The van der Waals surface area contributed by atoms with E-state index in [0.29, 0.717) is 5.56 Å². The number of hydrogen-bond acceptors (Lipinski definition) is 2. The molecular weight excluding hydrogens is 229 g/mol. The van der Waals surface area contributed by atoms with E-state index >= 15 is 0 Å². The lowest BCUT2D eigenvalue weighted by atomic mass is 10.1. The minimum atomic E-state index is -0.936. The lowest BCUT2D eigenvalue weighted by Gasteiger charge is -2.11. The third-order valence-corrected chi connectivity index (χ3v) is 2.51. The molecule has 0 spiro atoms. The van der Waals surface area contributed by atoms with Crippen LogP contribution in [-0.4, -0.2) is 10.1 Å². The van der Waals surface area contributed by atoms with Crippen LogP contribution in [0, 0.1) is 5.82 Å². The molecule has 0 fully saturated rings. The fourth-order valence-corrected chi connectivity index (χ4v) is 1.68. The van der Waals surface area contributed by atoms with Gasteiger partial charge in [0.2, 0.25) is 0 Å². The molecule has 16 heavy (non-hydrogen) atoms. The normalized spacial score (nSPS) is 12.4. The van der Waals surface area contributed by atoms with E-state index in [1.807, 2.05) is 6.07 Å². The fraction of sp³-hybridized carbons (Fsp3) is 0.0833. The molecule has 0 radical (unpaired) electrons. The number of rotatable bonds is 2. The zero-order valence-electron chi connectivity index (χ0n) is 8.27. The summed E-state index contributed by atoms with van der Waals surface area (Å²) in [4.78, 5) is 3.80. The SMILES string of the molecule is OC(c1ccccc1)c1ncc(F)cc1Cl. The van der Waals surface area contributed by atoms with E-state index in [1.54, 1.807) is 24.3 Å². The van der Waals surface area contributed by atoms with E-state index in [9.17, 15) is 9.50 Å². The molecule has 0 aliphatic carbocycles. The molecule has 0 amide bonds. The minimum Gasteiger partial charge on any atom is -0.382 e. The summed E-state index contributed by atoms with van der Waals surface area (Å²) >= 11 is 5.81. The van der Waals surface area contributed by atoms with E-state index in [2.05, 4.69) is 4.98 Å². The highest BCUT2D eigenvalue weighted by atomic mass is 35.5. The second-order valence-corrected chi connectivity index (χ2v) is 3.74. The Labute approximate surface area is 97.3 Å². The van der Waals surface area contributed by atoms with Crippen LogP contribution in [0.5, 0.6) is 0 Å². The van der Waals surface area contributed by atoms with Crippen molar-refractivity contribution in [2.24, 2.45) is 0 Å². The first kappa shape index (κ1) is 11.0. The molecule has 0 saturated heterocycles. The van der Waals surface area contributed by atoms with Gasteiger partial charge in [0.05, 0.1) is 16.9 Å². The Hall–Kier alpha value is -1.45. The Morgan fingerprint density at radius 1 is 1.25 bits per heavy atom. The van der Waals surface area contributed by atoms with E-state index < -0.39 is 11.9 Å². The number of aliphatic hydroxyl groups excluding tert-OH is 1. The third kappa shape index (κ3) is 2.21. The van der Waals surface area contributed by atoms with E-state index in [1.165, 1.54) is 0 Å². The van der Waals surface area contributed by atoms with Crippen molar-refractivity contribution >= 4 is 11.6 Å². The highest BCUT2D eigenvalue weighted by Gasteiger charge is 2.15. The first-order valence-electron chi connectivity index (χ1n) is 4.72. The number of halogens is 2. The maximum atomic E-state index is 12.8. The van der Waals surface area contributed by atoms with Gasteiger partial charge in [-0.05, 0) is 11.6 Å². The number of nitrogens with zero attached hydrogens (tertiary/aromatic N) is 1. The number of aliphatic hydroxyl groups is 1. The molecule has 0 aliphatic rings. The molecule has 1 aromatic heterocycles. The molecule has 82 valence electrons. The average Bonchev–Trinajstić information content (AvgIpc) is 2.29. The zero-order valence-corrected chi connectivity index (χ0v) is 9.03. The Kier molecular flexibility index (Phi) is 3.17. The molecule has 4 heteroatoms. The predicted molar refractivity (Wildman–Crippen MR) is 59.7 cm³/mol. The Balaban J connectivity index is 2.38. The molecular formula is C12H9ClFNO. The highest BCUT2D eigenvalue weighted by Crippen LogP contribution is 2.26. The maximum absolute atomic E-state index is 12.8. The second kappa shape index (κ2) is 4.60. The van der Waals surface area contributed by atoms with Gasteiger partial charge in [-0.15, -0.1) is 0 Å². The summed E-state index contributed by atoms with van der Waals surface area (Å²) < 4.78 is 12.8. The van der Waals surface area contributed by atoms with Crippen LogP contribution in [0.3, 0.4) is 0 Å². The van der Waals surface area contributed by atoms with E-state index in [4.69, 9.17) is 11.6 Å². The van der Waals surface area contributed by atoms with Gasteiger partial charge in [0.25, 0.3) is 0 Å². The summed E-state index contributed by atoms with van der Waals surface area (Å²) in [6, 6.07) is 10.1. The van der Waals surface area contributed by atoms with Crippen molar-refractivity contribution in [3.63, 3.8) is 0 Å². The van der Waals surface area contributed by atoms with Gasteiger partial charge in [-0.3, -0.25) is 4.98 Å². The molecule has 2 rings (SSSR count). The summed E-state index contributed by atoms with van der Waals surface area (Å²) in [5.41, 5.74) is 0.928. The topological polar surface area (TPSA) is 33.1 Å². The number of pyridine rings is 1. The van der Waals surface area contributed by atoms with Crippen LogP contribution in [-0.2, 0) is 0 Å². The first-order valence-corrected chi connectivity index (χ1v) is 5.10. The number of aromatic nitrogens is 1. The van der Waals surface area contributed by atoms with Gasteiger partial charge >= 0.3 is 0 Å². The lowest BCUT2D eigenvalue weighted by Crippen LogP contribution is -2.03. The average molecular weight is 238 g/mol. The van der Waals surface area contributed by atoms with Crippen molar-refractivity contribution in [1.29, 1.82) is 0 Å². The van der Waals surface area contributed by atoms with Gasteiger partial charge in [-0.1, -0.05) is 41.9 Å². The molecule has 2 aromatic rings. The molecule has 1 unspecified atom stereocenters. The Bertz CT molecular complexity index is 490. The van der Waals surface area contributed by atoms with E-state index in [-0.39, 0.29) is 10.7 Å². The molecule has 1 atom stereocenters. The third-order valence-electron chi connectivity index (χ3n) is 2.21. The summed E-state index contributed by atoms with van der Waals surface area (Å²) in [5, 5.41) is 10.1. The first-order chi connectivity index (χ1) is 7.68. The van der Waals surface area contributed by atoms with Gasteiger partial charge in [-0.2, -0.15) is 0 Å². The summed E-state index contributed by atoms with van der Waals surface area (Å²) in [6.07, 6.45) is 0.0993. The smallest absolute Gasteiger partial charge is 0.142 e. The number of benzene rings is 1. The second-order valence-electron chi connectivity index (χ2n) is 3.33. The van der Waals surface area contributed by atoms with Gasteiger partial charge in [0.15, 0.2) is 0 Å². The molecule has 0 saturated carbocycles. The van der Waals surface area contributed by atoms with Crippen molar-refractivity contribution in [2.75, 3.05) is 0 Å². The quantitative estimate of drug-likeness (QED) is 0.871. The lowest BCUT2D eigenvalue weighted by molar-refractivity contribution is 0.215. The van der Waals surface area contributed by atoms with Crippen LogP contribution in [0.2, 0.25) is 5.02 Å². The van der Waals surface area contributed by atoms with Crippen LogP contribution in [0.4, 0.5) is 4.39 Å². The van der Waals surface area contributed by atoms with Crippen molar-refractivity contribution in [3.8, 4) is 0 Å². The highest BCUT2D eigenvalue weighted by molar-refractivity contribution is 6.31. The molecule has 1 N–H and O–H groups in total. The zero-order chi connectivity index (χ0) is 11.5. The van der Waals surface area contributed by atoms with Crippen molar-refractivity contribution < 1.29 is 9.50 Å². The van der Waals surface area contributed by atoms with Crippen molar-refractivity contribution in [1.82, 2.24) is 4.98 Å². The fourth-order valence-electron chi connectivity index (χ4n) is 1.42. The molecule has 2 nitrogen and oxygen atoms in total. The van der Waals surface area contributed by atoms with Gasteiger partial charge < -0.3 is 5.11 Å². The van der Waals surface area contributed by atoms with Gasteiger partial charge in [-0.25, -0.2) is 4.39 Å². The molecule has 1 aromatic carbocycles. The largest absolute Gasteiger partial charge is 0.382 e. The minimum absolute atomic E-state index is 0.122. The summed E-state index contributed by atoms with van der Waals surface area (Å²) in [5.74, 6) is -0.519. The van der Waals surface area contributed by atoms with Crippen molar-refractivity contribution in [2.45, 2.75) is 6.10 Å². The number of hydrogen-bond donors (Lipinski definition) is 1. The monoisotopic (exact) mass is 237 g/mol. The van der Waals surface area contributed by atoms with Crippen LogP contribution in [0.1, 0.15) is 17.4 Å². The Morgan fingerprint density at radius 2 is 1.94 bits per heavy atom. The molecule has 0 bridgehead atoms. The van der Waals surface area contributed by atoms with Crippen LogP contribution in [0.25, 0.3) is 0 Å².